The van der Waals surface area contributed by atoms with Crippen LogP contribution in [0.15, 0.2) is 36.4 Å². The fourth-order valence-corrected chi connectivity index (χ4v) is 2.51. The summed E-state index contributed by atoms with van der Waals surface area (Å²) in [6, 6.07) is 9.21. The van der Waals surface area contributed by atoms with Gasteiger partial charge in [-0.1, -0.05) is 6.07 Å². The van der Waals surface area contributed by atoms with Crippen molar-refractivity contribution >= 4 is 23.1 Å². The van der Waals surface area contributed by atoms with Gasteiger partial charge in [0.05, 0.1) is 12.8 Å². The molecular weight excluding hydrogens is 285 g/mol. The number of halogens is 1. The van der Waals surface area contributed by atoms with E-state index in [-0.39, 0.29) is 5.69 Å². The largest absolute Gasteiger partial charge is 0.495 e. The number of methoxy groups -OCH3 is 1. The molecule has 5 nitrogen and oxygen atoms in total. The molecule has 3 N–H and O–H groups in total. The van der Waals surface area contributed by atoms with Crippen molar-refractivity contribution in [3.8, 4) is 5.75 Å². The number of urea groups is 1. The van der Waals surface area contributed by atoms with Gasteiger partial charge in [-0.3, -0.25) is 0 Å². The van der Waals surface area contributed by atoms with Crippen LogP contribution in [0.5, 0.6) is 5.75 Å². The van der Waals surface area contributed by atoms with Crippen LogP contribution in [0.1, 0.15) is 5.56 Å². The Hall–Kier alpha value is -2.76. The number of benzene rings is 2. The third kappa shape index (κ3) is 2.81. The summed E-state index contributed by atoms with van der Waals surface area (Å²) >= 11 is 0. The Morgan fingerprint density at radius 1 is 1.23 bits per heavy atom. The lowest BCUT2D eigenvalue weighted by molar-refractivity contribution is 0.262. The summed E-state index contributed by atoms with van der Waals surface area (Å²) in [5.74, 6) is -0.0441. The molecule has 2 amide bonds. The predicted molar refractivity (Wildman–Crippen MR) is 84.2 cm³/mol. The van der Waals surface area contributed by atoms with Crippen LogP contribution < -0.4 is 20.7 Å². The van der Waals surface area contributed by atoms with E-state index in [9.17, 15) is 9.18 Å². The molecule has 0 saturated heterocycles. The fraction of sp³-hybridized carbons (Fsp3) is 0.188. The number of ether oxygens (including phenoxy) is 1. The average Bonchev–Trinajstić information content (AvgIpc) is 2.97. The maximum Gasteiger partial charge on any atom is 0.323 e. The second-order valence-electron chi connectivity index (χ2n) is 4.93. The van der Waals surface area contributed by atoms with Crippen LogP contribution in [0.4, 0.5) is 26.2 Å². The van der Waals surface area contributed by atoms with E-state index in [4.69, 9.17) is 4.74 Å². The number of nitrogens with one attached hydrogen (secondary N) is 3. The zero-order valence-corrected chi connectivity index (χ0v) is 12.1. The third-order valence-corrected chi connectivity index (χ3v) is 3.52. The highest BCUT2D eigenvalue weighted by molar-refractivity contribution is 6.01. The van der Waals surface area contributed by atoms with Crippen molar-refractivity contribution in [1.29, 1.82) is 0 Å². The highest BCUT2D eigenvalue weighted by Crippen LogP contribution is 2.30. The highest BCUT2D eigenvalue weighted by atomic mass is 19.1. The van der Waals surface area contributed by atoms with Gasteiger partial charge in [0.2, 0.25) is 0 Å². The molecule has 1 aliphatic heterocycles. The molecule has 6 heteroatoms. The first kappa shape index (κ1) is 14.2. The van der Waals surface area contributed by atoms with Crippen molar-refractivity contribution < 1.29 is 13.9 Å². The van der Waals surface area contributed by atoms with Crippen LogP contribution in [0.2, 0.25) is 0 Å². The first-order valence-electron chi connectivity index (χ1n) is 6.94. The molecule has 2 aromatic rings. The molecule has 0 atom stereocenters. The van der Waals surface area contributed by atoms with E-state index in [1.807, 2.05) is 18.2 Å². The Morgan fingerprint density at radius 2 is 2.05 bits per heavy atom. The smallest absolute Gasteiger partial charge is 0.323 e. The first-order valence-corrected chi connectivity index (χ1v) is 6.94. The van der Waals surface area contributed by atoms with Gasteiger partial charge >= 0.3 is 6.03 Å². The SMILES string of the molecule is COc1ccc(F)cc1NC(=O)Nc1cccc2c1CCN2. The molecule has 0 fully saturated rings. The van der Waals surface area contributed by atoms with Gasteiger partial charge in [0.1, 0.15) is 11.6 Å². The molecule has 0 radical (unpaired) electrons. The highest BCUT2D eigenvalue weighted by Gasteiger charge is 2.16. The van der Waals surface area contributed by atoms with E-state index < -0.39 is 11.8 Å². The lowest BCUT2D eigenvalue weighted by Gasteiger charge is -2.13. The van der Waals surface area contributed by atoms with E-state index >= 15 is 0 Å². The van der Waals surface area contributed by atoms with Gasteiger partial charge in [0.25, 0.3) is 0 Å². The molecular formula is C16H16FN3O2. The lowest BCUT2D eigenvalue weighted by atomic mass is 10.1. The lowest BCUT2D eigenvalue weighted by Crippen LogP contribution is -2.20. The van der Waals surface area contributed by atoms with E-state index in [1.54, 1.807) is 0 Å². The van der Waals surface area contributed by atoms with Crippen LogP contribution in [-0.2, 0) is 6.42 Å². The number of fused-ring (bicyclic) bond motifs is 1. The minimum absolute atomic E-state index is 0.283. The van der Waals surface area contributed by atoms with Gasteiger partial charge in [-0.2, -0.15) is 0 Å². The van der Waals surface area contributed by atoms with Gasteiger partial charge in [0, 0.05) is 29.5 Å². The number of hydrogen-bond donors (Lipinski definition) is 3. The molecule has 0 aliphatic carbocycles. The number of carbonyl (C=O) groups excluding carboxylic acids is 1. The number of rotatable bonds is 3. The summed E-state index contributed by atoms with van der Waals surface area (Å²) in [7, 11) is 1.46. The summed E-state index contributed by atoms with van der Waals surface area (Å²) in [5.41, 5.74) is 3.13. The third-order valence-electron chi connectivity index (χ3n) is 3.52. The van der Waals surface area contributed by atoms with Crippen molar-refractivity contribution in [3.05, 3.63) is 47.8 Å². The van der Waals surface area contributed by atoms with Crippen LogP contribution >= 0.6 is 0 Å². The first-order chi connectivity index (χ1) is 10.7. The summed E-state index contributed by atoms with van der Waals surface area (Å²) in [4.78, 5) is 12.1. The number of hydrogen-bond acceptors (Lipinski definition) is 3. The van der Waals surface area contributed by atoms with Gasteiger partial charge in [-0.05, 0) is 30.7 Å². The van der Waals surface area contributed by atoms with Crippen LogP contribution in [-0.4, -0.2) is 19.7 Å². The van der Waals surface area contributed by atoms with Crippen molar-refractivity contribution in [3.63, 3.8) is 0 Å². The minimum atomic E-state index is -0.444. The van der Waals surface area contributed by atoms with Gasteiger partial charge < -0.3 is 20.7 Å². The number of carbonyl (C=O) groups is 1. The number of anilines is 3. The Bertz CT molecular complexity index is 713. The van der Waals surface area contributed by atoms with Crippen LogP contribution in [0, 0.1) is 5.82 Å². The van der Waals surface area contributed by atoms with Crippen molar-refractivity contribution in [2.45, 2.75) is 6.42 Å². The van der Waals surface area contributed by atoms with Gasteiger partial charge in [-0.25, -0.2) is 9.18 Å². The minimum Gasteiger partial charge on any atom is -0.495 e. The quantitative estimate of drug-likeness (QED) is 0.813. The van der Waals surface area contributed by atoms with E-state index in [1.165, 1.54) is 25.3 Å². The zero-order chi connectivity index (χ0) is 15.5. The van der Waals surface area contributed by atoms with Crippen molar-refractivity contribution in [2.75, 3.05) is 29.6 Å². The Morgan fingerprint density at radius 3 is 2.86 bits per heavy atom. The van der Waals surface area contributed by atoms with Crippen LogP contribution in [0.25, 0.3) is 0 Å². The number of amides is 2. The molecule has 3 rings (SSSR count). The summed E-state index contributed by atoms with van der Waals surface area (Å²) in [6.07, 6.45) is 0.856. The summed E-state index contributed by atoms with van der Waals surface area (Å²) < 4.78 is 18.4. The average molecular weight is 301 g/mol. The van der Waals surface area contributed by atoms with E-state index in [2.05, 4.69) is 16.0 Å². The topological polar surface area (TPSA) is 62.4 Å². The molecule has 0 unspecified atom stereocenters. The molecule has 1 heterocycles. The molecule has 0 saturated carbocycles. The van der Waals surface area contributed by atoms with Gasteiger partial charge in [0.15, 0.2) is 0 Å². The maximum absolute atomic E-state index is 13.3. The zero-order valence-electron chi connectivity index (χ0n) is 12.1. The van der Waals surface area contributed by atoms with Gasteiger partial charge in [-0.15, -0.1) is 0 Å². The molecule has 22 heavy (non-hydrogen) atoms. The molecule has 0 aromatic heterocycles. The summed E-state index contributed by atoms with van der Waals surface area (Å²) in [6.45, 7) is 0.855. The molecule has 0 spiro atoms. The second kappa shape index (κ2) is 5.93. The molecule has 114 valence electrons. The fourth-order valence-electron chi connectivity index (χ4n) is 2.51. The van der Waals surface area contributed by atoms with Crippen LogP contribution in [0.3, 0.4) is 0 Å². The Labute approximate surface area is 127 Å². The van der Waals surface area contributed by atoms with Crippen molar-refractivity contribution in [2.24, 2.45) is 0 Å². The van der Waals surface area contributed by atoms with E-state index in [0.29, 0.717) is 5.75 Å². The van der Waals surface area contributed by atoms with Crippen molar-refractivity contribution in [1.82, 2.24) is 0 Å². The normalized spacial score (nSPS) is 12.3. The second-order valence-corrected chi connectivity index (χ2v) is 4.93. The monoisotopic (exact) mass is 301 g/mol. The van der Waals surface area contributed by atoms with E-state index in [0.717, 1.165) is 29.9 Å². The predicted octanol–water partition coefficient (Wildman–Crippen LogP) is 3.45. The molecule has 1 aliphatic rings. The standard InChI is InChI=1S/C16H16FN3O2/c1-22-15-6-5-10(17)9-14(15)20-16(21)19-13-4-2-3-12-11(13)7-8-18-12/h2-6,9,18H,7-8H2,1H3,(H2,19,20,21). The Kier molecular flexibility index (Phi) is 3.82. The maximum atomic E-state index is 13.3. The molecule has 2 aromatic carbocycles. The molecule has 0 bridgehead atoms. The Balaban J connectivity index is 1.76. The summed E-state index contributed by atoms with van der Waals surface area (Å²) in [5, 5.41) is 8.65.